The van der Waals surface area contributed by atoms with Gasteiger partial charge in [-0.15, -0.1) is 10.2 Å². The molecule has 1 aliphatic heterocycles. The number of carbonyl (C=O) groups is 1. The number of nitrogens with one attached hydrogen (secondary N) is 1. The highest BCUT2D eigenvalue weighted by Gasteiger charge is 2.47. The fourth-order valence-corrected chi connectivity index (χ4v) is 7.33. The molecule has 214 valence electrons. The number of nitriles is 1. The number of aromatic nitrogens is 5. The van der Waals surface area contributed by atoms with Gasteiger partial charge in [-0.1, -0.05) is 17.4 Å². The highest BCUT2D eigenvalue weighted by molar-refractivity contribution is 7.89. The van der Waals surface area contributed by atoms with E-state index in [1.807, 2.05) is 6.07 Å². The molecule has 2 aliphatic rings. The van der Waals surface area contributed by atoms with E-state index in [2.05, 4.69) is 24.9 Å². The number of sulfonamides is 1. The number of hydrogen-bond donors (Lipinski definition) is 1. The number of amides is 2. The summed E-state index contributed by atoms with van der Waals surface area (Å²) in [7, 11) is -0.657. The SMILES string of the molecule is CN(C)C(=O)N1CCC(c2ncnc3c2c2ccc(S(=O)(=O)NC4(C#N)CC4)cc2n3-c2nnc(C(F)F)s2)CC1. The number of likely N-dealkylation sites (tertiary alicyclic amines) is 1. The number of fused-ring (bicyclic) bond motifs is 3. The number of halogens is 2. The molecule has 0 bridgehead atoms. The molecule has 6 rings (SSSR count). The Morgan fingerprint density at radius 1 is 1.22 bits per heavy atom. The Bertz CT molecular complexity index is 1820. The van der Waals surface area contributed by atoms with Crippen LogP contribution in [0.5, 0.6) is 0 Å². The maximum absolute atomic E-state index is 13.4. The van der Waals surface area contributed by atoms with Crippen LogP contribution in [-0.2, 0) is 10.0 Å². The van der Waals surface area contributed by atoms with E-state index in [9.17, 15) is 27.3 Å². The monoisotopic (exact) mass is 601 g/mol. The van der Waals surface area contributed by atoms with Crippen molar-refractivity contribution in [3.05, 3.63) is 35.2 Å². The molecule has 12 nitrogen and oxygen atoms in total. The number of piperidine rings is 1. The van der Waals surface area contributed by atoms with Crippen LogP contribution >= 0.6 is 11.3 Å². The van der Waals surface area contributed by atoms with Crippen molar-refractivity contribution in [3.63, 3.8) is 0 Å². The van der Waals surface area contributed by atoms with Crippen LogP contribution in [0.15, 0.2) is 29.4 Å². The maximum atomic E-state index is 13.4. The number of urea groups is 1. The minimum atomic E-state index is -4.07. The lowest BCUT2D eigenvalue weighted by Crippen LogP contribution is -2.43. The molecule has 41 heavy (non-hydrogen) atoms. The van der Waals surface area contributed by atoms with Crippen LogP contribution in [0.25, 0.3) is 27.1 Å². The molecule has 1 aliphatic carbocycles. The summed E-state index contributed by atoms with van der Waals surface area (Å²) in [6, 6.07) is 6.47. The van der Waals surface area contributed by atoms with E-state index in [0.717, 1.165) is 5.69 Å². The smallest absolute Gasteiger partial charge is 0.319 e. The van der Waals surface area contributed by atoms with Crippen LogP contribution in [0.3, 0.4) is 0 Å². The van der Waals surface area contributed by atoms with Crippen LogP contribution in [-0.4, -0.2) is 81.7 Å². The van der Waals surface area contributed by atoms with Gasteiger partial charge >= 0.3 is 6.03 Å². The molecule has 3 aromatic heterocycles. The first-order valence-electron chi connectivity index (χ1n) is 12.9. The summed E-state index contributed by atoms with van der Waals surface area (Å²) in [6.45, 7) is 1.07. The van der Waals surface area contributed by atoms with Gasteiger partial charge in [0.15, 0.2) is 10.7 Å². The summed E-state index contributed by atoms with van der Waals surface area (Å²) < 4.78 is 57.4. The molecule has 0 atom stereocenters. The number of alkyl halides is 2. The molecule has 1 aromatic carbocycles. The maximum Gasteiger partial charge on any atom is 0.319 e. The van der Waals surface area contributed by atoms with Gasteiger partial charge in [0.2, 0.25) is 15.2 Å². The second kappa shape index (κ2) is 9.93. The van der Waals surface area contributed by atoms with Crippen molar-refractivity contribution >= 4 is 49.3 Å². The molecule has 2 fully saturated rings. The molecule has 0 unspecified atom stereocenters. The molecule has 0 radical (unpaired) electrons. The first-order valence-corrected chi connectivity index (χ1v) is 15.2. The van der Waals surface area contributed by atoms with E-state index in [1.54, 1.807) is 25.1 Å². The van der Waals surface area contributed by atoms with Gasteiger partial charge in [-0.05, 0) is 37.8 Å². The van der Waals surface area contributed by atoms with Crippen LogP contribution < -0.4 is 4.72 Å². The van der Waals surface area contributed by atoms with Crippen LogP contribution in [0.4, 0.5) is 13.6 Å². The van der Waals surface area contributed by atoms with Gasteiger partial charge in [-0.2, -0.15) is 9.98 Å². The Morgan fingerprint density at radius 2 is 1.95 bits per heavy atom. The zero-order chi connectivity index (χ0) is 29.1. The first kappa shape index (κ1) is 27.4. The van der Waals surface area contributed by atoms with Crippen LogP contribution in [0.1, 0.15) is 48.7 Å². The van der Waals surface area contributed by atoms with Crippen LogP contribution in [0.2, 0.25) is 0 Å². The van der Waals surface area contributed by atoms with Crippen molar-refractivity contribution in [1.82, 2.24) is 39.3 Å². The van der Waals surface area contributed by atoms with Gasteiger partial charge in [0.05, 0.1) is 22.2 Å². The Kier molecular flexibility index (Phi) is 6.63. The molecule has 2 amide bonds. The van der Waals surface area contributed by atoms with Crippen molar-refractivity contribution in [2.75, 3.05) is 27.2 Å². The number of hydrogen-bond acceptors (Lipinski definition) is 9. The van der Waals surface area contributed by atoms with Crippen molar-refractivity contribution in [3.8, 4) is 11.2 Å². The Balaban J connectivity index is 1.49. The topological polar surface area (TPSA) is 150 Å². The van der Waals surface area contributed by atoms with Crippen molar-refractivity contribution in [2.45, 2.75) is 48.5 Å². The van der Waals surface area contributed by atoms with Crippen molar-refractivity contribution < 1.29 is 22.0 Å². The first-order chi connectivity index (χ1) is 19.5. The lowest BCUT2D eigenvalue weighted by molar-refractivity contribution is 0.150. The minimum Gasteiger partial charge on any atom is -0.331 e. The second-order valence-electron chi connectivity index (χ2n) is 10.4. The van der Waals surface area contributed by atoms with E-state index in [4.69, 9.17) is 0 Å². The third-order valence-corrected chi connectivity index (χ3v) is 9.94. The van der Waals surface area contributed by atoms with E-state index >= 15 is 0 Å². The molecular formula is C25H25F2N9O3S2. The van der Waals surface area contributed by atoms with Crippen molar-refractivity contribution in [1.29, 1.82) is 5.26 Å². The second-order valence-corrected chi connectivity index (χ2v) is 13.1. The third kappa shape index (κ3) is 4.77. The van der Waals surface area contributed by atoms with Crippen LogP contribution in [0, 0.1) is 11.3 Å². The molecule has 16 heteroatoms. The normalized spacial score (nSPS) is 17.3. The molecule has 1 saturated heterocycles. The Hall–Kier alpha value is -3.81. The third-order valence-electron chi connectivity index (χ3n) is 7.49. The highest BCUT2D eigenvalue weighted by atomic mass is 32.2. The molecule has 1 saturated carbocycles. The predicted octanol–water partition coefficient (Wildman–Crippen LogP) is 3.56. The van der Waals surface area contributed by atoms with E-state index < -0.39 is 27.0 Å². The standard InChI is InChI=1S/C25H25F2N9O3S2/c1-34(2)24(37)35-9-5-14(6-10-35)19-18-16-4-3-15(41(38,39)33-25(12-28)7-8-25)11-17(16)36(21(18)30-13-29-19)23-32-31-22(40-23)20(26)27/h3-4,11,13-14,20,33H,5-10H2,1-2H3. The fraction of sp³-hybridized carbons (Fsp3) is 0.440. The number of carbonyl (C=O) groups excluding carboxylic acids is 1. The van der Waals surface area contributed by atoms with Gasteiger partial charge in [-0.3, -0.25) is 4.57 Å². The number of nitrogens with zero attached hydrogens (tertiary/aromatic N) is 8. The zero-order valence-corrected chi connectivity index (χ0v) is 23.7. The lowest BCUT2D eigenvalue weighted by atomic mass is 9.91. The summed E-state index contributed by atoms with van der Waals surface area (Å²) in [5, 5.41) is 17.9. The largest absolute Gasteiger partial charge is 0.331 e. The summed E-state index contributed by atoms with van der Waals surface area (Å²) >= 11 is 0.686. The van der Waals surface area contributed by atoms with Gasteiger partial charge in [0, 0.05) is 43.9 Å². The number of benzene rings is 1. The average molecular weight is 602 g/mol. The summed E-state index contributed by atoms with van der Waals surface area (Å²) in [5.74, 6) is -0.0211. The summed E-state index contributed by atoms with van der Waals surface area (Å²) in [6.07, 6.45) is 0.714. The average Bonchev–Trinajstić information content (AvgIpc) is 3.39. The zero-order valence-electron chi connectivity index (χ0n) is 22.1. The van der Waals surface area contributed by atoms with Gasteiger partial charge < -0.3 is 9.80 Å². The van der Waals surface area contributed by atoms with Crippen molar-refractivity contribution in [2.24, 2.45) is 0 Å². The van der Waals surface area contributed by atoms with E-state index in [1.165, 1.54) is 27.9 Å². The van der Waals surface area contributed by atoms with Gasteiger partial charge in [0.1, 0.15) is 11.9 Å². The van der Waals surface area contributed by atoms with E-state index in [-0.39, 0.29) is 22.0 Å². The minimum absolute atomic E-state index is 0.0211. The molecule has 0 spiro atoms. The number of rotatable bonds is 6. The highest BCUT2D eigenvalue weighted by Crippen LogP contribution is 2.40. The summed E-state index contributed by atoms with van der Waals surface area (Å²) in [5.41, 5.74) is 0.368. The predicted molar refractivity (Wildman–Crippen MR) is 145 cm³/mol. The van der Waals surface area contributed by atoms with Gasteiger partial charge in [0.25, 0.3) is 6.43 Å². The Morgan fingerprint density at radius 3 is 2.56 bits per heavy atom. The fourth-order valence-electron chi connectivity index (χ4n) is 5.22. The molecule has 4 aromatic rings. The van der Waals surface area contributed by atoms with E-state index in [0.29, 0.717) is 72.0 Å². The molecule has 4 heterocycles. The molecule has 1 N–H and O–H groups in total. The summed E-state index contributed by atoms with van der Waals surface area (Å²) in [4.78, 5) is 24.8. The quantitative estimate of drug-likeness (QED) is 0.353. The lowest BCUT2D eigenvalue weighted by Gasteiger charge is -2.33. The Labute approximate surface area is 237 Å². The molecular weight excluding hydrogens is 576 g/mol. The van der Waals surface area contributed by atoms with Gasteiger partial charge in [-0.25, -0.2) is 32.0 Å².